The summed E-state index contributed by atoms with van der Waals surface area (Å²) in [7, 11) is -2.16. The molecule has 2 aromatic carbocycles. The van der Waals surface area contributed by atoms with Crippen molar-refractivity contribution in [2.45, 2.75) is 24.9 Å². The molecule has 8 heteroatoms. The Kier molecular flexibility index (Phi) is 7.02. The number of sulfone groups is 1. The minimum absolute atomic E-state index is 0.131. The third-order valence-electron chi connectivity index (χ3n) is 4.86. The lowest BCUT2D eigenvalue weighted by Gasteiger charge is -2.25. The molecule has 0 spiro atoms. The Labute approximate surface area is 181 Å². The fourth-order valence-corrected chi connectivity index (χ4v) is 4.76. The van der Waals surface area contributed by atoms with Gasteiger partial charge in [-0.2, -0.15) is 0 Å². The number of carbonyl (C=O) groups is 1. The van der Waals surface area contributed by atoms with Gasteiger partial charge in [0.2, 0.25) is 5.91 Å². The van der Waals surface area contributed by atoms with Crippen LogP contribution >= 0.6 is 0 Å². The van der Waals surface area contributed by atoms with Gasteiger partial charge in [-0.1, -0.05) is 19.1 Å². The van der Waals surface area contributed by atoms with Crippen molar-refractivity contribution in [1.82, 2.24) is 4.90 Å². The quantitative estimate of drug-likeness (QED) is 0.542. The van der Waals surface area contributed by atoms with Crippen LogP contribution in [0.25, 0.3) is 0 Å². The zero-order valence-electron chi connectivity index (χ0n) is 17.4. The largest absolute Gasteiger partial charge is 0.508 e. The Bertz CT molecular complexity index is 1090. The van der Waals surface area contributed by atoms with Crippen LogP contribution in [0.5, 0.6) is 11.5 Å². The number of phenols is 1. The second-order valence-electron chi connectivity index (χ2n) is 7.30. The zero-order valence-corrected chi connectivity index (χ0v) is 18.2. The first-order chi connectivity index (χ1) is 14.8. The summed E-state index contributed by atoms with van der Waals surface area (Å²) in [6.45, 7) is 2.07. The summed E-state index contributed by atoms with van der Waals surface area (Å²) in [5, 5.41) is 9.49. The Hall–Kier alpha value is -3.26. The molecule has 1 N–H and O–H groups in total. The molecule has 1 amide bonds. The van der Waals surface area contributed by atoms with Gasteiger partial charge in [0.05, 0.1) is 30.6 Å². The molecule has 0 aliphatic carbocycles. The van der Waals surface area contributed by atoms with E-state index in [0.29, 0.717) is 11.5 Å². The van der Waals surface area contributed by atoms with Crippen LogP contribution in [-0.2, 0) is 27.7 Å². The molecule has 1 unspecified atom stereocenters. The van der Waals surface area contributed by atoms with E-state index in [1.54, 1.807) is 60.4 Å². The number of phenolic OH excluding ortho intramolecular Hbond substituents is 1. The first-order valence-electron chi connectivity index (χ1n) is 9.74. The van der Waals surface area contributed by atoms with Crippen LogP contribution in [-0.4, -0.2) is 37.2 Å². The summed E-state index contributed by atoms with van der Waals surface area (Å²) >= 11 is 0. The molecule has 3 rings (SSSR count). The van der Waals surface area contributed by atoms with Gasteiger partial charge in [-0.3, -0.25) is 4.79 Å². The van der Waals surface area contributed by atoms with Crippen molar-refractivity contribution in [3.8, 4) is 11.5 Å². The Morgan fingerprint density at radius 1 is 1.06 bits per heavy atom. The molecule has 0 radical (unpaired) electrons. The zero-order chi connectivity index (χ0) is 22.4. The summed E-state index contributed by atoms with van der Waals surface area (Å²) in [6, 6.07) is 16.1. The third-order valence-corrected chi connectivity index (χ3v) is 6.79. The number of methoxy groups -OCH3 is 1. The number of ether oxygens (including phenoxy) is 1. The first kappa shape index (κ1) is 22.4. The maximum absolute atomic E-state index is 13.2. The highest BCUT2D eigenvalue weighted by molar-refractivity contribution is 7.91. The molecule has 0 aliphatic rings. The molecule has 0 saturated carbocycles. The average Bonchev–Trinajstić information content (AvgIpc) is 3.27. The first-order valence-corrected chi connectivity index (χ1v) is 11.4. The van der Waals surface area contributed by atoms with Gasteiger partial charge in [0.15, 0.2) is 9.84 Å². The van der Waals surface area contributed by atoms with Crippen LogP contribution in [0.15, 0.2) is 76.2 Å². The summed E-state index contributed by atoms with van der Waals surface area (Å²) in [5.74, 6) is -0.103. The summed E-state index contributed by atoms with van der Waals surface area (Å²) < 4.78 is 36.1. The van der Waals surface area contributed by atoms with E-state index in [1.165, 1.54) is 25.5 Å². The Balaban J connectivity index is 1.77. The predicted octanol–water partition coefficient (Wildman–Crippen LogP) is 3.63. The van der Waals surface area contributed by atoms with Crippen LogP contribution in [0.1, 0.15) is 18.2 Å². The average molecular weight is 444 g/mol. The van der Waals surface area contributed by atoms with Gasteiger partial charge in [-0.15, -0.1) is 0 Å². The predicted molar refractivity (Wildman–Crippen MR) is 115 cm³/mol. The molecule has 0 fully saturated rings. The maximum atomic E-state index is 13.2. The topological polar surface area (TPSA) is 97.1 Å². The van der Waals surface area contributed by atoms with Crippen molar-refractivity contribution in [2.75, 3.05) is 12.9 Å². The molecule has 164 valence electrons. The van der Waals surface area contributed by atoms with Crippen LogP contribution in [0.3, 0.4) is 0 Å². The Morgan fingerprint density at radius 3 is 2.32 bits per heavy atom. The van der Waals surface area contributed by atoms with E-state index >= 15 is 0 Å². The van der Waals surface area contributed by atoms with Gasteiger partial charge < -0.3 is 19.2 Å². The number of hydrogen-bond donors (Lipinski definition) is 1. The fourth-order valence-electron chi connectivity index (χ4n) is 3.22. The van der Waals surface area contributed by atoms with Gasteiger partial charge >= 0.3 is 0 Å². The normalized spacial score (nSPS) is 12.3. The van der Waals surface area contributed by atoms with Crippen molar-refractivity contribution in [1.29, 1.82) is 0 Å². The highest BCUT2D eigenvalue weighted by Gasteiger charge is 2.27. The number of aromatic hydroxyl groups is 1. The van der Waals surface area contributed by atoms with Crippen molar-refractivity contribution >= 4 is 15.7 Å². The molecule has 3 aromatic rings. The van der Waals surface area contributed by atoms with Crippen LogP contribution < -0.4 is 4.74 Å². The van der Waals surface area contributed by atoms with E-state index < -0.39 is 15.8 Å². The van der Waals surface area contributed by atoms with Gasteiger partial charge in [0, 0.05) is 12.5 Å². The van der Waals surface area contributed by atoms with Crippen molar-refractivity contribution in [3.63, 3.8) is 0 Å². The van der Waals surface area contributed by atoms with Crippen molar-refractivity contribution in [2.24, 2.45) is 5.92 Å². The Morgan fingerprint density at radius 2 is 1.74 bits per heavy atom. The number of rotatable bonds is 9. The summed E-state index contributed by atoms with van der Waals surface area (Å²) in [4.78, 5) is 14.9. The second kappa shape index (κ2) is 9.70. The lowest BCUT2D eigenvalue weighted by Crippen LogP contribution is -2.37. The molecule has 1 aromatic heterocycles. The van der Waals surface area contributed by atoms with Crippen LogP contribution in [0.4, 0.5) is 0 Å². The van der Waals surface area contributed by atoms with E-state index in [1.807, 2.05) is 0 Å². The summed E-state index contributed by atoms with van der Waals surface area (Å²) in [5.41, 5.74) is 0.808. The molecule has 0 bridgehead atoms. The minimum Gasteiger partial charge on any atom is -0.508 e. The number of carbonyl (C=O) groups excluding carboxylic acids is 1. The maximum Gasteiger partial charge on any atom is 0.227 e. The molecular weight excluding hydrogens is 418 g/mol. The highest BCUT2D eigenvalue weighted by atomic mass is 32.2. The molecule has 7 nitrogen and oxygen atoms in total. The minimum atomic E-state index is -3.66. The van der Waals surface area contributed by atoms with Crippen LogP contribution in [0.2, 0.25) is 0 Å². The SMILES string of the molecule is COc1ccc(S(=O)(=O)CC(C)C(=O)N(Cc2ccc(O)cc2)Cc2ccco2)cc1. The standard InChI is InChI=1S/C23H25NO6S/c1-17(16-31(27,28)22-11-9-20(29-2)10-12-22)23(26)24(15-21-4-3-13-30-21)14-18-5-7-19(25)8-6-18/h3-13,17,25H,14-16H2,1-2H3. The molecule has 1 atom stereocenters. The van der Waals surface area contributed by atoms with E-state index in [4.69, 9.17) is 9.15 Å². The van der Waals surface area contributed by atoms with Gasteiger partial charge in [-0.25, -0.2) is 8.42 Å². The van der Waals surface area contributed by atoms with Crippen molar-refractivity contribution < 1.29 is 27.5 Å². The van der Waals surface area contributed by atoms with Gasteiger partial charge in [0.1, 0.15) is 17.3 Å². The van der Waals surface area contributed by atoms with Crippen LogP contribution in [0, 0.1) is 5.92 Å². The van der Waals surface area contributed by atoms with E-state index in [9.17, 15) is 18.3 Å². The molecular formula is C23H25NO6S. The summed E-state index contributed by atoms with van der Waals surface area (Å²) in [6.07, 6.45) is 1.52. The van der Waals surface area contributed by atoms with Crippen molar-refractivity contribution in [3.05, 3.63) is 78.3 Å². The number of hydrogen-bond acceptors (Lipinski definition) is 6. The van der Waals surface area contributed by atoms with E-state index in [-0.39, 0.29) is 35.4 Å². The number of nitrogens with zero attached hydrogens (tertiary/aromatic N) is 1. The van der Waals surface area contributed by atoms with Gasteiger partial charge in [0.25, 0.3) is 0 Å². The highest BCUT2D eigenvalue weighted by Crippen LogP contribution is 2.21. The smallest absolute Gasteiger partial charge is 0.227 e. The number of benzene rings is 2. The molecule has 0 saturated heterocycles. The van der Waals surface area contributed by atoms with E-state index in [0.717, 1.165) is 5.56 Å². The molecule has 1 heterocycles. The second-order valence-corrected chi connectivity index (χ2v) is 9.33. The molecule has 0 aliphatic heterocycles. The van der Waals surface area contributed by atoms with Gasteiger partial charge in [-0.05, 0) is 54.1 Å². The number of amides is 1. The lowest BCUT2D eigenvalue weighted by atomic mass is 10.1. The van der Waals surface area contributed by atoms with E-state index in [2.05, 4.69) is 0 Å². The monoisotopic (exact) mass is 443 g/mol. The lowest BCUT2D eigenvalue weighted by molar-refractivity contribution is -0.135. The third kappa shape index (κ3) is 5.88. The molecule has 31 heavy (non-hydrogen) atoms. The number of furan rings is 1. The fraction of sp³-hybridized carbons (Fsp3) is 0.261.